The molecular weight excluding hydrogens is 427 g/mol. The second-order valence-corrected chi connectivity index (χ2v) is 7.96. The number of carbonyl (C=O) groups is 1. The number of nitrogens with zero attached hydrogens (tertiary/aromatic N) is 3. The Labute approximate surface area is 182 Å². The third kappa shape index (κ3) is 5.46. The van der Waals surface area contributed by atoms with Gasteiger partial charge in [-0.2, -0.15) is 18.3 Å². The summed E-state index contributed by atoms with van der Waals surface area (Å²) in [6.45, 7) is 4.10. The Kier molecular flexibility index (Phi) is 6.89. The van der Waals surface area contributed by atoms with E-state index < -0.39 is 24.0 Å². The van der Waals surface area contributed by atoms with Gasteiger partial charge in [-0.3, -0.25) is 14.9 Å². The number of carbonyl (C=O) groups excluding carboxylic acids is 1. The molecule has 0 aliphatic carbocycles. The van der Waals surface area contributed by atoms with E-state index in [0.717, 1.165) is 12.1 Å². The number of aliphatic hydroxyl groups is 1. The van der Waals surface area contributed by atoms with Crippen LogP contribution in [0, 0.1) is 0 Å². The average Bonchev–Trinajstić information content (AvgIpc) is 2.73. The first-order valence-corrected chi connectivity index (χ1v) is 10.2. The highest BCUT2D eigenvalue weighted by molar-refractivity contribution is 5.73. The summed E-state index contributed by atoms with van der Waals surface area (Å²) in [6, 6.07) is 4.98. The number of aliphatic hydroxyl groups excluding tert-OH is 1. The van der Waals surface area contributed by atoms with Crippen molar-refractivity contribution in [2.24, 2.45) is 0 Å². The second kappa shape index (κ2) is 9.29. The van der Waals surface area contributed by atoms with Crippen LogP contribution in [0.2, 0.25) is 0 Å². The monoisotopic (exact) mass is 453 g/mol. The van der Waals surface area contributed by atoms with Gasteiger partial charge in [0.2, 0.25) is 5.91 Å². The molecule has 1 aromatic carbocycles. The minimum Gasteiger partial charge on any atom is -0.399 e. The summed E-state index contributed by atoms with van der Waals surface area (Å²) in [5, 5.41) is 17.6. The van der Waals surface area contributed by atoms with Crippen LogP contribution in [0.15, 0.2) is 35.1 Å². The molecule has 174 valence electrons. The smallest absolute Gasteiger partial charge is 0.399 e. The van der Waals surface area contributed by atoms with Crippen molar-refractivity contribution in [3.8, 4) is 0 Å². The maximum atomic E-state index is 13.1. The quantitative estimate of drug-likeness (QED) is 0.473. The summed E-state index contributed by atoms with van der Waals surface area (Å²) in [5.41, 5.74) is 4.78. The lowest BCUT2D eigenvalue weighted by molar-refractivity contribution is -0.137. The Morgan fingerprint density at radius 2 is 1.91 bits per heavy atom. The Balaban J connectivity index is 1.75. The standard InChI is InChI=1S/C21H26F3N5O3/c1-12(14-9-15(21(22,23)24)11-16(25)10-14)26-20(32)18-3-4-19(31)29(27-18)17-5-7-28(8-6-17)13(2)30/h3-4,9-12,17,20,26,32H,5-8,25H2,1-2H3/t12-,20?/m1/s1. The van der Waals surface area contributed by atoms with Crippen LogP contribution in [0.3, 0.4) is 0 Å². The van der Waals surface area contributed by atoms with Crippen molar-refractivity contribution in [3.05, 3.63) is 57.5 Å². The minimum atomic E-state index is -4.54. The van der Waals surface area contributed by atoms with Crippen LogP contribution in [-0.2, 0) is 11.0 Å². The van der Waals surface area contributed by atoms with Gasteiger partial charge in [-0.25, -0.2) is 4.68 Å². The molecule has 2 heterocycles. The van der Waals surface area contributed by atoms with E-state index in [2.05, 4.69) is 10.4 Å². The topological polar surface area (TPSA) is 113 Å². The number of rotatable bonds is 5. The van der Waals surface area contributed by atoms with Crippen molar-refractivity contribution in [1.82, 2.24) is 20.0 Å². The highest BCUT2D eigenvalue weighted by atomic mass is 19.4. The first-order chi connectivity index (χ1) is 15.0. The van der Waals surface area contributed by atoms with E-state index in [0.29, 0.717) is 25.9 Å². The summed E-state index contributed by atoms with van der Waals surface area (Å²) in [5.74, 6) is -0.0265. The van der Waals surface area contributed by atoms with Crippen molar-refractivity contribution >= 4 is 11.6 Å². The van der Waals surface area contributed by atoms with Crippen LogP contribution in [-0.4, -0.2) is 38.8 Å². The largest absolute Gasteiger partial charge is 0.416 e. The maximum Gasteiger partial charge on any atom is 0.416 e. The molecule has 3 rings (SSSR count). The number of likely N-dealkylation sites (tertiary alicyclic amines) is 1. The minimum absolute atomic E-state index is 0.0265. The summed E-state index contributed by atoms with van der Waals surface area (Å²) in [6.07, 6.45) is -4.76. The van der Waals surface area contributed by atoms with E-state index in [1.807, 2.05) is 0 Å². The fraction of sp³-hybridized carbons (Fsp3) is 0.476. The van der Waals surface area contributed by atoms with Gasteiger partial charge in [0, 0.05) is 37.8 Å². The van der Waals surface area contributed by atoms with Crippen molar-refractivity contribution in [2.75, 3.05) is 18.8 Å². The van der Waals surface area contributed by atoms with Gasteiger partial charge in [0.15, 0.2) is 0 Å². The molecule has 1 aromatic heterocycles. The Hall–Kier alpha value is -2.92. The molecule has 0 spiro atoms. The van der Waals surface area contributed by atoms with Gasteiger partial charge in [-0.1, -0.05) is 0 Å². The molecular formula is C21H26F3N5O3. The first kappa shape index (κ1) is 23.7. The molecule has 1 fully saturated rings. The number of amides is 1. The number of halogens is 3. The van der Waals surface area contributed by atoms with Crippen molar-refractivity contribution in [1.29, 1.82) is 0 Å². The van der Waals surface area contributed by atoms with Gasteiger partial charge >= 0.3 is 6.18 Å². The van der Waals surface area contributed by atoms with Crippen LogP contribution in [0.1, 0.15) is 61.8 Å². The molecule has 1 unspecified atom stereocenters. The van der Waals surface area contributed by atoms with E-state index in [1.165, 1.54) is 29.8 Å². The molecule has 0 radical (unpaired) electrons. The molecule has 0 bridgehead atoms. The average molecular weight is 453 g/mol. The number of hydrogen-bond donors (Lipinski definition) is 3. The van der Waals surface area contributed by atoms with E-state index in [1.54, 1.807) is 11.8 Å². The van der Waals surface area contributed by atoms with E-state index in [4.69, 9.17) is 5.73 Å². The number of anilines is 1. The van der Waals surface area contributed by atoms with E-state index >= 15 is 0 Å². The fourth-order valence-electron chi connectivity index (χ4n) is 3.78. The third-order valence-electron chi connectivity index (χ3n) is 5.59. The molecule has 8 nitrogen and oxygen atoms in total. The number of nitrogens with two attached hydrogens (primary N) is 1. The van der Waals surface area contributed by atoms with E-state index in [9.17, 15) is 27.9 Å². The fourth-order valence-corrected chi connectivity index (χ4v) is 3.78. The summed E-state index contributed by atoms with van der Waals surface area (Å²) < 4.78 is 40.5. The maximum absolute atomic E-state index is 13.1. The molecule has 2 atom stereocenters. The number of nitrogens with one attached hydrogen (secondary N) is 1. The van der Waals surface area contributed by atoms with Crippen molar-refractivity contribution in [2.45, 2.75) is 51.2 Å². The second-order valence-electron chi connectivity index (χ2n) is 7.96. The predicted molar refractivity (Wildman–Crippen MR) is 111 cm³/mol. The number of benzene rings is 1. The molecule has 4 N–H and O–H groups in total. The Bertz CT molecular complexity index is 1030. The van der Waals surface area contributed by atoms with Crippen LogP contribution >= 0.6 is 0 Å². The molecule has 2 aromatic rings. The number of alkyl halides is 3. The number of piperidine rings is 1. The van der Waals surface area contributed by atoms with Gasteiger partial charge in [0.1, 0.15) is 11.9 Å². The Morgan fingerprint density at radius 1 is 1.25 bits per heavy atom. The van der Waals surface area contributed by atoms with Crippen molar-refractivity contribution < 1.29 is 23.1 Å². The highest BCUT2D eigenvalue weighted by Crippen LogP contribution is 2.33. The van der Waals surface area contributed by atoms with Crippen LogP contribution in [0.25, 0.3) is 0 Å². The highest BCUT2D eigenvalue weighted by Gasteiger charge is 2.31. The van der Waals surface area contributed by atoms with Gasteiger partial charge in [-0.15, -0.1) is 0 Å². The van der Waals surface area contributed by atoms with Gasteiger partial charge in [-0.05, 0) is 49.6 Å². The van der Waals surface area contributed by atoms with Crippen molar-refractivity contribution in [3.63, 3.8) is 0 Å². The number of nitrogen functional groups attached to an aromatic ring is 1. The molecule has 0 saturated carbocycles. The summed E-state index contributed by atoms with van der Waals surface area (Å²) in [7, 11) is 0. The van der Waals surface area contributed by atoms with Crippen LogP contribution < -0.4 is 16.6 Å². The Morgan fingerprint density at radius 3 is 2.50 bits per heavy atom. The lowest BCUT2D eigenvalue weighted by atomic mass is 10.0. The molecule has 11 heteroatoms. The number of hydrogen-bond acceptors (Lipinski definition) is 6. The van der Waals surface area contributed by atoms with Gasteiger partial charge in [0.05, 0.1) is 11.6 Å². The summed E-state index contributed by atoms with van der Waals surface area (Å²) >= 11 is 0. The normalized spacial score (nSPS) is 17.2. The lowest BCUT2D eigenvalue weighted by Crippen LogP contribution is -2.40. The first-order valence-electron chi connectivity index (χ1n) is 10.2. The van der Waals surface area contributed by atoms with Crippen LogP contribution in [0.4, 0.5) is 18.9 Å². The van der Waals surface area contributed by atoms with Gasteiger partial charge in [0.25, 0.3) is 5.56 Å². The molecule has 32 heavy (non-hydrogen) atoms. The molecule has 1 aliphatic rings. The zero-order valence-electron chi connectivity index (χ0n) is 17.8. The van der Waals surface area contributed by atoms with Crippen LogP contribution in [0.5, 0.6) is 0 Å². The number of aromatic nitrogens is 2. The lowest BCUT2D eigenvalue weighted by Gasteiger charge is -2.31. The van der Waals surface area contributed by atoms with E-state index in [-0.39, 0.29) is 34.5 Å². The zero-order valence-corrected chi connectivity index (χ0v) is 17.8. The van der Waals surface area contributed by atoms with Gasteiger partial charge < -0.3 is 15.7 Å². The zero-order chi connectivity index (χ0) is 23.6. The SMILES string of the molecule is CC(=O)N1CCC(n2nc(C(O)N[C@H](C)c3cc(N)cc(C(F)(F)F)c3)ccc2=O)CC1. The third-order valence-corrected chi connectivity index (χ3v) is 5.59. The predicted octanol–water partition coefficient (Wildman–Crippen LogP) is 2.37. The molecule has 1 amide bonds. The molecule has 1 aliphatic heterocycles. The summed E-state index contributed by atoms with van der Waals surface area (Å²) in [4.78, 5) is 25.5. The molecule has 1 saturated heterocycles.